The number of hydrogen-bond acceptors (Lipinski definition) is 2. The third-order valence-electron chi connectivity index (χ3n) is 2.76. The second-order valence-corrected chi connectivity index (χ2v) is 5.01. The molecule has 1 atom stereocenters. The molecule has 0 bridgehead atoms. The molecule has 0 aliphatic heterocycles. The van der Waals surface area contributed by atoms with E-state index in [1.807, 2.05) is 30.3 Å². The highest BCUT2D eigenvalue weighted by Gasteiger charge is 2.14. The lowest BCUT2D eigenvalue weighted by molar-refractivity contribution is 0.561. The minimum absolute atomic E-state index is 0.363. The van der Waals surface area contributed by atoms with Crippen molar-refractivity contribution in [3.05, 3.63) is 69.9 Å². The van der Waals surface area contributed by atoms with Gasteiger partial charge >= 0.3 is 0 Å². The molecule has 0 radical (unpaired) electrons. The van der Waals surface area contributed by atoms with Crippen molar-refractivity contribution in [2.75, 3.05) is 0 Å². The number of nitrogens with zero attached hydrogens (tertiary/aromatic N) is 1. The van der Waals surface area contributed by atoms with Gasteiger partial charge in [0.1, 0.15) is 11.9 Å². The van der Waals surface area contributed by atoms with E-state index in [2.05, 4.69) is 27.3 Å². The van der Waals surface area contributed by atoms with Gasteiger partial charge in [-0.25, -0.2) is 4.39 Å². The Labute approximate surface area is 120 Å². The molecule has 0 heterocycles. The van der Waals surface area contributed by atoms with Crippen LogP contribution in [0.2, 0.25) is 0 Å². The standard InChI is InChI=1S/C15H12BrFN2/c16-12-6-7-13(14(17)8-12)15(9-18)19-10-11-4-2-1-3-5-11/h1-8,15,19H,10H2. The van der Waals surface area contributed by atoms with Gasteiger partial charge in [-0.05, 0) is 17.7 Å². The minimum Gasteiger partial charge on any atom is -0.294 e. The average molecular weight is 319 g/mol. The molecule has 1 unspecified atom stereocenters. The Morgan fingerprint density at radius 2 is 1.95 bits per heavy atom. The van der Waals surface area contributed by atoms with Crippen LogP contribution in [0.3, 0.4) is 0 Å². The Balaban J connectivity index is 2.11. The molecule has 96 valence electrons. The van der Waals surface area contributed by atoms with Crippen molar-refractivity contribution in [1.29, 1.82) is 5.26 Å². The molecular weight excluding hydrogens is 307 g/mol. The lowest BCUT2D eigenvalue weighted by Gasteiger charge is -2.13. The summed E-state index contributed by atoms with van der Waals surface area (Å²) < 4.78 is 14.5. The quantitative estimate of drug-likeness (QED) is 0.926. The smallest absolute Gasteiger partial charge is 0.130 e. The number of nitriles is 1. The fourth-order valence-electron chi connectivity index (χ4n) is 1.78. The summed E-state index contributed by atoms with van der Waals surface area (Å²) in [4.78, 5) is 0. The van der Waals surface area contributed by atoms with E-state index in [0.29, 0.717) is 16.6 Å². The van der Waals surface area contributed by atoms with E-state index in [1.54, 1.807) is 12.1 Å². The number of halogens is 2. The normalized spacial score (nSPS) is 11.8. The van der Waals surface area contributed by atoms with Gasteiger partial charge < -0.3 is 0 Å². The minimum atomic E-state index is -0.659. The Bertz CT molecular complexity index is 593. The summed E-state index contributed by atoms with van der Waals surface area (Å²) >= 11 is 3.20. The van der Waals surface area contributed by atoms with Crippen LogP contribution in [0.15, 0.2) is 53.0 Å². The second-order valence-electron chi connectivity index (χ2n) is 4.09. The first-order chi connectivity index (χ1) is 9.20. The zero-order valence-corrected chi connectivity index (χ0v) is 11.7. The van der Waals surface area contributed by atoms with Gasteiger partial charge in [-0.3, -0.25) is 5.32 Å². The van der Waals surface area contributed by atoms with Gasteiger partial charge in [0.05, 0.1) is 6.07 Å². The van der Waals surface area contributed by atoms with Gasteiger partial charge in [0.2, 0.25) is 0 Å². The highest BCUT2D eigenvalue weighted by molar-refractivity contribution is 9.10. The monoisotopic (exact) mass is 318 g/mol. The molecular formula is C15H12BrFN2. The zero-order valence-electron chi connectivity index (χ0n) is 10.1. The summed E-state index contributed by atoms with van der Waals surface area (Å²) in [6.07, 6.45) is 0. The molecule has 2 aromatic carbocycles. The molecule has 0 saturated heterocycles. The van der Waals surface area contributed by atoms with Gasteiger partial charge in [0.15, 0.2) is 0 Å². The molecule has 2 rings (SSSR count). The van der Waals surface area contributed by atoms with Crippen molar-refractivity contribution in [2.45, 2.75) is 12.6 Å². The van der Waals surface area contributed by atoms with E-state index in [0.717, 1.165) is 5.56 Å². The molecule has 0 amide bonds. The lowest BCUT2D eigenvalue weighted by atomic mass is 10.1. The summed E-state index contributed by atoms with van der Waals surface area (Å²) in [5.74, 6) is -0.388. The summed E-state index contributed by atoms with van der Waals surface area (Å²) in [7, 11) is 0. The fourth-order valence-corrected chi connectivity index (χ4v) is 2.11. The van der Waals surface area contributed by atoms with Gasteiger partial charge in [0.25, 0.3) is 0 Å². The van der Waals surface area contributed by atoms with Crippen LogP contribution >= 0.6 is 15.9 Å². The summed E-state index contributed by atoms with van der Waals surface area (Å²) in [5, 5.41) is 12.2. The number of hydrogen-bond donors (Lipinski definition) is 1. The zero-order chi connectivity index (χ0) is 13.7. The Kier molecular flexibility index (Phi) is 4.67. The van der Waals surface area contributed by atoms with Gasteiger partial charge in [-0.1, -0.05) is 52.3 Å². The first-order valence-corrected chi connectivity index (χ1v) is 6.62. The summed E-state index contributed by atoms with van der Waals surface area (Å²) in [6, 6.07) is 15.8. The van der Waals surface area contributed by atoms with E-state index < -0.39 is 6.04 Å². The van der Waals surface area contributed by atoms with Crippen LogP contribution in [0.5, 0.6) is 0 Å². The predicted octanol–water partition coefficient (Wildman–Crippen LogP) is 3.94. The molecule has 2 nitrogen and oxygen atoms in total. The fraction of sp³-hybridized carbons (Fsp3) is 0.133. The third kappa shape index (κ3) is 3.63. The van der Waals surface area contributed by atoms with Crippen LogP contribution in [0.25, 0.3) is 0 Å². The topological polar surface area (TPSA) is 35.8 Å². The molecule has 0 fully saturated rings. The molecule has 1 N–H and O–H groups in total. The van der Waals surface area contributed by atoms with Crippen LogP contribution in [0, 0.1) is 17.1 Å². The van der Waals surface area contributed by atoms with Crippen molar-refractivity contribution in [3.8, 4) is 6.07 Å². The second kappa shape index (κ2) is 6.46. The van der Waals surface area contributed by atoms with E-state index in [4.69, 9.17) is 5.26 Å². The van der Waals surface area contributed by atoms with Crippen molar-refractivity contribution in [2.24, 2.45) is 0 Å². The van der Waals surface area contributed by atoms with E-state index in [-0.39, 0.29) is 5.82 Å². The van der Waals surface area contributed by atoms with Gasteiger partial charge in [-0.15, -0.1) is 0 Å². The first kappa shape index (κ1) is 13.7. The van der Waals surface area contributed by atoms with Crippen LogP contribution < -0.4 is 5.32 Å². The van der Waals surface area contributed by atoms with Crippen LogP contribution in [-0.4, -0.2) is 0 Å². The molecule has 19 heavy (non-hydrogen) atoms. The largest absolute Gasteiger partial charge is 0.294 e. The molecule has 4 heteroatoms. The Hall–Kier alpha value is -1.70. The van der Waals surface area contributed by atoms with Gasteiger partial charge in [0, 0.05) is 16.6 Å². The van der Waals surface area contributed by atoms with Crippen molar-refractivity contribution < 1.29 is 4.39 Å². The Morgan fingerprint density at radius 1 is 1.21 bits per heavy atom. The van der Waals surface area contributed by atoms with E-state index >= 15 is 0 Å². The number of nitrogens with one attached hydrogen (secondary N) is 1. The van der Waals surface area contributed by atoms with Crippen LogP contribution in [0.4, 0.5) is 4.39 Å². The third-order valence-corrected chi connectivity index (χ3v) is 3.25. The van der Waals surface area contributed by atoms with E-state index in [1.165, 1.54) is 6.07 Å². The van der Waals surface area contributed by atoms with Crippen LogP contribution in [0.1, 0.15) is 17.2 Å². The average Bonchev–Trinajstić information content (AvgIpc) is 2.42. The van der Waals surface area contributed by atoms with E-state index in [9.17, 15) is 4.39 Å². The maximum atomic E-state index is 13.8. The summed E-state index contributed by atoms with van der Waals surface area (Å²) in [5.41, 5.74) is 1.42. The SMILES string of the molecule is N#CC(NCc1ccccc1)c1ccc(Br)cc1F. The first-order valence-electron chi connectivity index (χ1n) is 5.82. The molecule has 0 aliphatic carbocycles. The molecule has 0 saturated carbocycles. The maximum Gasteiger partial charge on any atom is 0.130 e. The Morgan fingerprint density at radius 3 is 2.58 bits per heavy atom. The van der Waals surface area contributed by atoms with Crippen molar-refractivity contribution in [3.63, 3.8) is 0 Å². The number of benzene rings is 2. The summed E-state index contributed by atoms with van der Waals surface area (Å²) in [6.45, 7) is 0.522. The van der Waals surface area contributed by atoms with Crippen LogP contribution in [-0.2, 0) is 6.54 Å². The molecule has 2 aromatic rings. The molecule has 0 aliphatic rings. The van der Waals surface area contributed by atoms with Crippen molar-refractivity contribution in [1.82, 2.24) is 5.32 Å². The molecule has 0 spiro atoms. The highest BCUT2D eigenvalue weighted by atomic mass is 79.9. The maximum absolute atomic E-state index is 13.8. The predicted molar refractivity (Wildman–Crippen MR) is 75.7 cm³/mol. The highest BCUT2D eigenvalue weighted by Crippen LogP contribution is 2.21. The lowest BCUT2D eigenvalue weighted by Crippen LogP contribution is -2.20. The number of rotatable bonds is 4. The molecule has 0 aromatic heterocycles. The van der Waals surface area contributed by atoms with Crippen molar-refractivity contribution >= 4 is 15.9 Å². The van der Waals surface area contributed by atoms with Gasteiger partial charge in [-0.2, -0.15) is 5.26 Å².